The maximum absolute atomic E-state index is 5.31. The Morgan fingerprint density at radius 3 is 2.79 bits per heavy atom. The largest absolute Gasteiger partial charge is 0.390 e. The lowest BCUT2D eigenvalue weighted by Crippen LogP contribution is -2.04. The molecule has 0 fully saturated rings. The Morgan fingerprint density at radius 2 is 2.11 bits per heavy atom. The SMILES string of the molecule is CCC(CC/C=C\C=C\c1ccccc1S)N=CN. The lowest BCUT2D eigenvalue weighted by atomic mass is 10.1. The van der Waals surface area contributed by atoms with E-state index in [1.807, 2.05) is 24.3 Å². The highest BCUT2D eigenvalue weighted by Gasteiger charge is 1.99. The molecule has 0 aliphatic carbocycles. The van der Waals surface area contributed by atoms with E-state index >= 15 is 0 Å². The van der Waals surface area contributed by atoms with Crippen LogP contribution in [0.15, 0.2) is 52.4 Å². The van der Waals surface area contributed by atoms with Gasteiger partial charge in [0, 0.05) is 4.90 Å². The van der Waals surface area contributed by atoms with Gasteiger partial charge in [-0.3, -0.25) is 4.99 Å². The van der Waals surface area contributed by atoms with Crippen molar-refractivity contribution in [2.75, 3.05) is 0 Å². The molecule has 1 atom stereocenters. The molecule has 1 aromatic carbocycles. The van der Waals surface area contributed by atoms with Crippen LogP contribution in [0.1, 0.15) is 31.7 Å². The van der Waals surface area contributed by atoms with Crippen molar-refractivity contribution in [2.45, 2.75) is 37.1 Å². The summed E-state index contributed by atoms with van der Waals surface area (Å²) in [5.41, 5.74) is 6.44. The number of benzene rings is 1. The summed E-state index contributed by atoms with van der Waals surface area (Å²) in [7, 11) is 0. The highest BCUT2D eigenvalue weighted by Crippen LogP contribution is 2.14. The van der Waals surface area contributed by atoms with Crippen molar-refractivity contribution in [3.63, 3.8) is 0 Å². The second-order valence-corrected chi connectivity index (χ2v) is 4.77. The molecule has 0 aliphatic rings. The Labute approximate surface area is 121 Å². The maximum Gasteiger partial charge on any atom is 0.0801 e. The van der Waals surface area contributed by atoms with Crippen molar-refractivity contribution >= 4 is 25.0 Å². The molecule has 1 unspecified atom stereocenters. The fourth-order valence-corrected chi connectivity index (χ4v) is 1.99. The summed E-state index contributed by atoms with van der Waals surface area (Å²) in [6.07, 6.45) is 12.8. The van der Waals surface area contributed by atoms with E-state index in [0.717, 1.165) is 29.7 Å². The predicted molar refractivity (Wildman–Crippen MR) is 87.9 cm³/mol. The molecule has 0 aliphatic heterocycles. The van der Waals surface area contributed by atoms with E-state index in [0.29, 0.717) is 6.04 Å². The second kappa shape index (κ2) is 9.45. The normalized spacial score (nSPS) is 13.8. The first-order valence-electron chi connectivity index (χ1n) is 6.62. The average molecular weight is 274 g/mol. The molecule has 0 aromatic heterocycles. The Kier molecular flexibility index (Phi) is 7.75. The van der Waals surface area contributed by atoms with Crippen LogP contribution in [0.2, 0.25) is 0 Å². The smallest absolute Gasteiger partial charge is 0.0801 e. The molecule has 0 bridgehead atoms. The van der Waals surface area contributed by atoms with E-state index in [1.54, 1.807) is 0 Å². The van der Waals surface area contributed by atoms with Gasteiger partial charge in [0.2, 0.25) is 0 Å². The summed E-state index contributed by atoms with van der Waals surface area (Å²) in [6, 6.07) is 8.38. The predicted octanol–water partition coefficient (Wildman–Crippen LogP) is 4.09. The van der Waals surface area contributed by atoms with Gasteiger partial charge in [-0.15, -0.1) is 12.6 Å². The highest BCUT2D eigenvalue weighted by atomic mass is 32.1. The molecular weight excluding hydrogens is 252 g/mol. The van der Waals surface area contributed by atoms with Crippen LogP contribution in [-0.2, 0) is 0 Å². The number of nitrogens with zero attached hydrogens (tertiary/aromatic N) is 1. The number of hydrogen-bond donors (Lipinski definition) is 2. The van der Waals surface area contributed by atoms with Crippen molar-refractivity contribution in [3.05, 3.63) is 48.1 Å². The molecule has 0 spiro atoms. The maximum atomic E-state index is 5.31. The number of allylic oxidation sites excluding steroid dienone is 3. The number of aliphatic imine (C=N–C) groups is 1. The van der Waals surface area contributed by atoms with Crippen LogP contribution in [-0.4, -0.2) is 12.4 Å². The third kappa shape index (κ3) is 6.30. The van der Waals surface area contributed by atoms with Crippen LogP contribution in [0.5, 0.6) is 0 Å². The Bertz CT molecular complexity index is 450. The molecular formula is C16H22N2S. The van der Waals surface area contributed by atoms with Crippen LogP contribution in [0.3, 0.4) is 0 Å². The minimum Gasteiger partial charge on any atom is -0.390 e. The molecule has 1 aromatic rings. The first-order valence-corrected chi connectivity index (χ1v) is 7.07. The molecule has 102 valence electrons. The third-order valence-electron chi connectivity index (χ3n) is 2.89. The first-order chi connectivity index (χ1) is 9.27. The molecule has 0 radical (unpaired) electrons. The number of hydrogen-bond acceptors (Lipinski definition) is 2. The van der Waals surface area contributed by atoms with Gasteiger partial charge in [0.15, 0.2) is 0 Å². The third-order valence-corrected chi connectivity index (χ3v) is 3.30. The van der Waals surface area contributed by atoms with E-state index in [1.165, 1.54) is 6.34 Å². The summed E-state index contributed by atoms with van der Waals surface area (Å²) < 4.78 is 0. The van der Waals surface area contributed by atoms with Crippen LogP contribution in [0.25, 0.3) is 6.08 Å². The lowest BCUT2D eigenvalue weighted by molar-refractivity contribution is 0.607. The zero-order valence-electron chi connectivity index (χ0n) is 11.4. The van der Waals surface area contributed by atoms with E-state index < -0.39 is 0 Å². The van der Waals surface area contributed by atoms with Crippen LogP contribution < -0.4 is 5.73 Å². The number of rotatable bonds is 7. The van der Waals surface area contributed by atoms with Gasteiger partial charge in [0.05, 0.1) is 12.4 Å². The van der Waals surface area contributed by atoms with Gasteiger partial charge in [-0.2, -0.15) is 0 Å². The van der Waals surface area contributed by atoms with Crippen LogP contribution in [0.4, 0.5) is 0 Å². The Morgan fingerprint density at radius 1 is 1.32 bits per heavy atom. The van der Waals surface area contributed by atoms with E-state index in [-0.39, 0.29) is 0 Å². The average Bonchev–Trinajstić information content (AvgIpc) is 2.43. The lowest BCUT2D eigenvalue weighted by Gasteiger charge is -2.05. The minimum atomic E-state index is 0.344. The Hall–Kier alpha value is -1.48. The van der Waals surface area contributed by atoms with Gasteiger partial charge in [-0.1, -0.05) is 49.4 Å². The molecule has 19 heavy (non-hydrogen) atoms. The molecule has 2 nitrogen and oxygen atoms in total. The van der Waals surface area contributed by atoms with Gasteiger partial charge in [-0.05, 0) is 30.9 Å². The van der Waals surface area contributed by atoms with E-state index in [9.17, 15) is 0 Å². The van der Waals surface area contributed by atoms with E-state index in [2.05, 4.69) is 48.8 Å². The van der Waals surface area contributed by atoms with Gasteiger partial charge >= 0.3 is 0 Å². The van der Waals surface area contributed by atoms with Gasteiger partial charge in [-0.25, -0.2) is 0 Å². The molecule has 1 rings (SSSR count). The van der Waals surface area contributed by atoms with Crippen molar-refractivity contribution in [2.24, 2.45) is 10.7 Å². The standard InChI is InChI=1S/C16H22N2S/c1-2-15(18-13-17)11-6-4-3-5-9-14-10-7-8-12-16(14)19/h3-5,7-10,12-13,15,19H,2,6,11H2,1H3,(H2,17,18)/b4-3-,9-5+. The monoisotopic (exact) mass is 274 g/mol. The molecule has 3 heteroatoms. The van der Waals surface area contributed by atoms with Crippen molar-refractivity contribution in [1.82, 2.24) is 0 Å². The second-order valence-electron chi connectivity index (χ2n) is 4.28. The summed E-state index contributed by atoms with van der Waals surface area (Å²) in [4.78, 5) is 5.21. The Balaban J connectivity index is 2.36. The summed E-state index contributed by atoms with van der Waals surface area (Å²) in [5, 5.41) is 0. The zero-order chi connectivity index (χ0) is 13.9. The quantitative estimate of drug-likeness (QED) is 0.334. The van der Waals surface area contributed by atoms with Crippen LogP contribution in [0, 0.1) is 0 Å². The summed E-state index contributed by atoms with van der Waals surface area (Å²) in [6.45, 7) is 2.13. The molecule has 0 saturated heterocycles. The van der Waals surface area contributed by atoms with Crippen molar-refractivity contribution in [1.29, 1.82) is 0 Å². The molecule has 0 amide bonds. The van der Waals surface area contributed by atoms with Gasteiger partial charge < -0.3 is 5.73 Å². The van der Waals surface area contributed by atoms with Crippen molar-refractivity contribution in [3.8, 4) is 0 Å². The van der Waals surface area contributed by atoms with Crippen LogP contribution >= 0.6 is 12.6 Å². The first kappa shape index (κ1) is 15.6. The zero-order valence-corrected chi connectivity index (χ0v) is 12.3. The summed E-state index contributed by atoms with van der Waals surface area (Å²) >= 11 is 4.40. The van der Waals surface area contributed by atoms with Gasteiger partial charge in [0.25, 0.3) is 0 Å². The van der Waals surface area contributed by atoms with E-state index in [4.69, 9.17) is 5.73 Å². The summed E-state index contributed by atoms with van der Waals surface area (Å²) in [5.74, 6) is 0. The number of nitrogens with two attached hydrogens (primary N) is 1. The number of thiol groups is 1. The topological polar surface area (TPSA) is 38.4 Å². The molecule has 0 heterocycles. The highest BCUT2D eigenvalue weighted by molar-refractivity contribution is 7.80. The minimum absolute atomic E-state index is 0.344. The van der Waals surface area contributed by atoms with Crippen molar-refractivity contribution < 1.29 is 0 Å². The fraction of sp³-hybridized carbons (Fsp3) is 0.312. The van der Waals surface area contributed by atoms with Gasteiger partial charge in [0.1, 0.15) is 0 Å². The molecule has 2 N–H and O–H groups in total. The molecule has 0 saturated carbocycles. The fourth-order valence-electron chi connectivity index (χ4n) is 1.76.